The molecule has 0 saturated heterocycles. The van der Waals surface area contributed by atoms with Gasteiger partial charge >= 0.3 is 0 Å². The number of para-hydroxylation sites is 2. The van der Waals surface area contributed by atoms with E-state index in [0.717, 1.165) is 30.6 Å². The summed E-state index contributed by atoms with van der Waals surface area (Å²) < 4.78 is 22.9. The quantitative estimate of drug-likeness (QED) is 0.430. The first-order chi connectivity index (χ1) is 18.6. The molecule has 200 valence electrons. The Morgan fingerprint density at radius 2 is 1.74 bits per heavy atom. The zero-order chi connectivity index (χ0) is 26.5. The van der Waals surface area contributed by atoms with Crippen LogP contribution in [0, 0.1) is 0 Å². The number of fused-ring (bicyclic) bond motifs is 1. The SMILES string of the molecule is COc1ccc(N(C(=O)[C@@H]2COc3ccccc3O2)[C@H](C(=O)NC2CCCCC2)c2cccs2)cc1OC. The van der Waals surface area contributed by atoms with Gasteiger partial charge in [0.1, 0.15) is 12.6 Å². The van der Waals surface area contributed by atoms with Crippen molar-refractivity contribution in [1.82, 2.24) is 5.32 Å². The molecule has 2 heterocycles. The van der Waals surface area contributed by atoms with Crippen LogP contribution >= 0.6 is 11.3 Å². The standard InChI is InChI=1S/C29H32N2O6S/c1-34-21-15-14-20(17-24(21)35-2)31(29(33)25-18-36-22-11-6-7-12-23(22)37-25)27(26-13-8-16-38-26)28(32)30-19-9-4-3-5-10-19/h6-8,11-17,19,25,27H,3-5,9-10,18H2,1-2H3,(H,30,32)/t25-,27-/m0/s1. The molecule has 2 amide bonds. The number of amides is 2. The van der Waals surface area contributed by atoms with Crippen molar-refractivity contribution in [3.05, 3.63) is 64.9 Å². The fourth-order valence-corrected chi connectivity index (χ4v) is 5.84. The lowest BCUT2D eigenvalue weighted by Crippen LogP contribution is -2.52. The van der Waals surface area contributed by atoms with Gasteiger partial charge in [0, 0.05) is 22.7 Å². The summed E-state index contributed by atoms with van der Waals surface area (Å²) in [6.45, 7) is 0.0288. The van der Waals surface area contributed by atoms with Crippen molar-refractivity contribution in [2.45, 2.75) is 50.3 Å². The highest BCUT2D eigenvalue weighted by molar-refractivity contribution is 7.10. The van der Waals surface area contributed by atoms with Gasteiger partial charge in [-0.05, 0) is 48.6 Å². The van der Waals surface area contributed by atoms with E-state index in [1.54, 1.807) is 37.4 Å². The van der Waals surface area contributed by atoms with Crippen molar-refractivity contribution in [3.8, 4) is 23.0 Å². The Labute approximate surface area is 226 Å². The number of hydrogen-bond donors (Lipinski definition) is 1. The lowest BCUT2D eigenvalue weighted by Gasteiger charge is -2.36. The van der Waals surface area contributed by atoms with Gasteiger partial charge in [-0.2, -0.15) is 0 Å². The molecule has 0 spiro atoms. The van der Waals surface area contributed by atoms with Gasteiger partial charge in [0.15, 0.2) is 23.0 Å². The van der Waals surface area contributed by atoms with Gasteiger partial charge in [0.25, 0.3) is 5.91 Å². The lowest BCUT2D eigenvalue weighted by molar-refractivity contribution is -0.132. The summed E-state index contributed by atoms with van der Waals surface area (Å²) in [6.07, 6.45) is 4.27. The predicted octanol–water partition coefficient (Wildman–Crippen LogP) is 5.13. The molecule has 1 aromatic heterocycles. The Balaban J connectivity index is 1.55. The van der Waals surface area contributed by atoms with Crippen molar-refractivity contribution in [3.63, 3.8) is 0 Å². The van der Waals surface area contributed by atoms with Crippen LogP contribution in [0.2, 0.25) is 0 Å². The van der Waals surface area contributed by atoms with Crippen LogP contribution in [0.5, 0.6) is 23.0 Å². The third kappa shape index (κ3) is 5.43. The molecule has 38 heavy (non-hydrogen) atoms. The lowest BCUT2D eigenvalue weighted by atomic mass is 9.95. The molecule has 1 saturated carbocycles. The first-order valence-electron chi connectivity index (χ1n) is 12.9. The third-order valence-corrected chi connectivity index (χ3v) is 7.86. The molecular weight excluding hydrogens is 504 g/mol. The minimum Gasteiger partial charge on any atom is -0.493 e. The molecule has 9 heteroatoms. The van der Waals surface area contributed by atoms with E-state index in [9.17, 15) is 9.59 Å². The minimum atomic E-state index is -0.942. The van der Waals surface area contributed by atoms with E-state index in [4.69, 9.17) is 18.9 Å². The van der Waals surface area contributed by atoms with E-state index in [0.29, 0.717) is 28.7 Å². The van der Waals surface area contributed by atoms with E-state index in [-0.39, 0.29) is 24.5 Å². The van der Waals surface area contributed by atoms with Gasteiger partial charge in [-0.3, -0.25) is 14.5 Å². The van der Waals surface area contributed by atoms with Crippen LogP contribution in [0.25, 0.3) is 0 Å². The van der Waals surface area contributed by atoms with Crippen molar-refractivity contribution in [2.24, 2.45) is 0 Å². The van der Waals surface area contributed by atoms with Gasteiger partial charge in [-0.15, -0.1) is 11.3 Å². The van der Waals surface area contributed by atoms with Crippen LogP contribution in [0.1, 0.15) is 43.0 Å². The van der Waals surface area contributed by atoms with E-state index in [2.05, 4.69) is 5.32 Å². The van der Waals surface area contributed by atoms with E-state index < -0.39 is 12.1 Å². The number of rotatable bonds is 8. The Bertz CT molecular complexity index is 1260. The fraction of sp³-hybridized carbons (Fsp3) is 0.379. The highest BCUT2D eigenvalue weighted by Gasteiger charge is 2.40. The van der Waals surface area contributed by atoms with Gasteiger partial charge in [0.2, 0.25) is 12.0 Å². The predicted molar refractivity (Wildman–Crippen MR) is 145 cm³/mol. The van der Waals surface area contributed by atoms with Crippen LogP contribution in [0.15, 0.2) is 60.0 Å². The van der Waals surface area contributed by atoms with E-state index >= 15 is 0 Å². The van der Waals surface area contributed by atoms with Crippen molar-refractivity contribution >= 4 is 28.8 Å². The van der Waals surface area contributed by atoms with Gasteiger partial charge in [-0.25, -0.2) is 0 Å². The molecular formula is C29H32N2O6S. The number of nitrogens with zero attached hydrogens (tertiary/aromatic N) is 1. The second-order valence-electron chi connectivity index (χ2n) is 9.37. The topological polar surface area (TPSA) is 86.3 Å². The number of hydrogen-bond acceptors (Lipinski definition) is 7. The molecule has 5 rings (SSSR count). The molecule has 2 aromatic carbocycles. The molecule has 1 N–H and O–H groups in total. The summed E-state index contributed by atoms with van der Waals surface area (Å²) >= 11 is 1.43. The number of benzene rings is 2. The maximum absolute atomic E-state index is 14.3. The molecule has 8 nitrogen and oxygen atoms in total. The van der Waals surface area contributed by atoms with Crippen molar-refractivity contribution in [1.29, 1.82) is 0 Å². The number of carbonyl (C=O) groups excluding carboxylic acids is 2. The van der Waals surface area contributed by atoms with E-state index in [1.807, 2.05) is 29.6 Å². The zero-order valence-electron chi connectivity index (χ0n) is 21.6. The molecule has 1 aliphatic heterocycles. The number of thiophene rings is 1. The van der Waals surface area contributed by atoms with Crippen LogP contribution in [-0.2, 0) is 9.59 Å². The Morgan fingerprint density at radius 3 is 2.45 bits per heavy atom. The smallest absolute Gasteiger partial charge is 0.272 e. The first-order valence-corrected chi connectivity index (χ1v) is 13.7. The van der Waals surface area contributed by atoms with Crippen LogP contribution < -0.4 is 29.2 Å². The van der Waals surface area contributed by atoms with Gasteiger partial charge in [0.05, 0.1) is 14.2 Å². The molecule has 0 bridgehead atoms. The fourth-order valence-electron chi connectivity index (χ4n) is 5.02. The number of methoxy groups -OCH3 is 2. The van der Waals surface area contributed by atoms with Crippen LogP contribution in [0.3, 0.4) is 0 Å². The molecule has 0 unspecified atom stereocenters. The second-order valence-corrected chi connectivity index (χ2v) is 10.4. The van der Waals surface area contributed by atoms with Gasteiger partial charge in [-0.1, -0.05) is 37.5 Å². The number of nitrogens with one attached hydrogen (secondary N) is 1. The Kier molecular flexibility index (Phi) is 8.03. The molecule has 2 aliphatic rings. The highest BCUT2D eigenvalue weighted by Crippen LogP contribution is 2.38. The summed E-state index contributed by atoms with van der Waals surface area (Å²) in [5.74, 6) is 1.44. The molecule has 1 aliphatic carbocycles. The summed E-state index contributed by atoms with van der Waals surface area (Å²) in [4.78, 5) is 30.5. The third-order valence-electron chi connectivity index (χ3n) is 6.94. The Morgan fingerprint density at radius 1 is 0.974 bits per heavy atom. The molecule has 0 radical (unpaired) electrons. The van der Waals surface area contributed by atoms with Gasteiger partial charge < -0.3 is 24.3 Å². The average Bonchev–Trinajstić information content (AvgIpc) is 3.49. The zero-order valence-corrected chi connectivity index (χ0v) is 22.4. The number of ether oxygens (including phenoxy) is 4. The largest absolute Gasteiger partial charge is 0.493 e. The summed E-state index contributed by atoms with van der Waals surface area (Å²) in [5.41, 5.74) is 0.493. The summed E-state index contributed by atoms with van der Waals surface area (Å²) in [6, 6.07) is 15.4. The molecule has 1 fully saturated rings. The summed E-state index contributed by atoms with van der Waals surface area (Å²) in [7, 11) is 3.09. The second kappa shape index (κ2) is 11.8. The summed E-state index contributed by atoms with van der Waals surface area (Å²) in [5, 5.41) is 5.13. The number of anilines is 1. The minimum absolute atomic E-state index is 0.0288. The Hall–Kier alpha value is -3.72. The van der Waals surface area contributed by atoms with E-state index in [1.165, 1.54) is 29.8 Å². The first kappa shape index (κ1) is 25.9. The number of carbonyl (C=O) groups is 2. The normalized spacial score (nSPS) is 17.8. The monoisotopic (exact) mass is 536 g/mol. The molecule has 2 atom stereocenters. The van der Waals surface area contributed by atoms with Crippen molar-refractivity contribution < 1.29 is 28.5 Å². The van der Waals surface area contributed by atoms with Crippen LogP contribution in [-0.4, -0.2) is 44.8 Å². The maximum atomic E-state index is 14.3. The van der Waals surface area contributed by atoms with Crippen LogP contribution in [0.4, 0.5) is 5.69 Å². The average molecular weight is 537 g/mol. The highest BCUT2D eigenvalue weighted by atomic mass is 32.1. The molecule has 3 aromatic rings. The van der Waals surface area contributed by atoms with Crippen molar-refractivity contribution in [2.75, 3.05) is 25.7 Å². The maximum Gasteiger partial charge on any atom is 0.272 e.